The SMILES string of the molecule is COc1cccc(C(=O)Nc2cccc(CNC(=O)CCNC(=O)OC(C)(C)C)c2)c1. The summed E-state index contributed by atoms with van der Waals surface area (Å²) in [5.41, 5.74) is 1.35. The van der Waals surface area contributed by atoms with Crippen molar-refractivity contribution in [2.75, 3.05) is 19.0 Å². The van der Waals surface area contributed by atoms with E-state index < -0.39 is 11.7 Å². The first-order valence-corrected chi connectivity index (χ1v) is 9.94. The number of alkyl carbamates (subject to hydrolysis) is 1. The Morgan fingerprint density at radius 1 is 0.968 bits per heavy atom. The van der Waals surface area contributed by atoms with Crippen LogP contribution in [-0.4, -0.2) is 37.2 Å². The summed E-state index contributed by atoms with van der Waals surface area (Å²) in [6, 6.07) is 14.1. The van der Waals surface area contributed by atoms with E-state index in [9.17, 15) is 14.4 Å². The first-order valence-electron chi connectivity index (χ1n) is 9.94. The van der Waals surface area contributed by atoms with Crippen LogP contribution in [0.3, 0.4) is 0 Å². The van der Waals surface area contributed by atoms with Crippen LogP contribution in [0.25, 0.3) is 0 Å². The molecule has 0 aliphatic carbocycles. The molecular formula is C23H29N3O5. The highest BCUT2D eigenvalue weighted by atomic mass is 16.6. The third kappa shape index (κ3) is 8.77. The lowest BCUT2D eigenvalue weighted by Gasteiger charge is -2.19. The predicted molar refractivity (Wildman–Crippen MR) is 118 cm³/mol. The molecule has 0 aliphatic rings. The average molecular weight is 428 g/mol. The van der Waals surface area contributed by atoms with Gasteiger partial charge in [-0.2, -0.15) is 0 Å². The van der Waals surface area contributed by atoms with Crippen LogP contribution in [0.5, 0.6) is 5.75 Å². The molecule has 8 heteroatoms. The minimum Gasteiger partial charge on any atom is -0.497 e. The highest BCUT2D eigenvalue weighted by Crippen LogP contribution is 2.16. The Balaban J connectivity index is 1.80. The van der Waals surface area contributed by atoms with Gasteiger partial charge in [0.25, 0.3) is 5.91 Å². The van der Waals surface area contributed by atoms with E-state index in [1.807, 2.05) is 6.07 Å². The number of hydrogen-bond donors (Lipinski definition) is 3. The maximum atomic E-state index is 12.4. The van der Waals surface area contributed by atoms with Gasteiger partial charge in [-0.3, -0.25) is 9.59 Å². The summed E-state index contributed by atoms with van der Waals surface area (Å²) in [5, 5.41) is 8.17. The summed E-state index contributed by atoms with van der Waals surface area (Å²) in [4.78, 5) is 36.0. The molecule has 0 saturated heterocycles. The molecule has 31 heavy (non-hydrogen) atoms. The Morgan fingerprint density at radius 3 is 2.42 bits per heavy atom. The topological polar surface area (TPSA) is 106 Å². The van der Waals surface area contributed by atoms with Gasteiger partial charge in [0.2, 0.25) is 5.91 Å². The smallest absolute Gasteiger partial charge is 0.407 e. The zero-order valence-electron chi connectivity index (χ0n) is 18.3. The molecule has 166 valence electrons. The Bertz CT molecular complexity index is 921. The number of hydrogen-bond acceptors (Lipinski definition) is 5. The fraction of sp³-hybridized carbons (Fsp3) is 0.348. The minimum atomic E-state index is -0.584. The second-order valence-electron chi connectivity index (χ2n) is 7.84. The Kier molecular flexibility index (Phi) is 8.43. The number of carbonyl (C=O) groups is 3. The molecule has 0 atom stereocenters. The Labute approximate surface area is 182 Å². The lowest BCUT2D eigenvalue weighted by atomic mass is 10.1. The molecule has 0 heterocycles. The second-order valence-corrected chi connectivity index (χ2v) is 7.84. The maximum absolute atomic E-state index is 12.4. The van der Waals surface area contributed by atoms with Crippen LogP contribution in [-0.2, 0) is 16.1 Å². The number of carbonyl (C=O) groups excluding carboxylic acids is 3. The van der Waals surface area contributed by atoms with Crippen LogP contribution in [0.15, 0.2) is 48.5 Å². The molecule has 2 aromatic rings. The van der Waals surface area contributed by atoms with Crippen molar-refractivity contribution in [1.82, 2.24) is 10.6 Å². The number of ether oxygens (including phenoxy) is 2. The molecule has 2 rings (SSSR count). The largest absolute Gasteiger partial charge is 0.497 e. The fourth-order valence-corrected chi connectivity index (χ4v) is 2.61. The zero-order chi connectivity index (χ0) is 22.9. The monoisotopic (exact) mass is 427 g/mol. The summed E-state index contributed by atoms with van der Waals surface area (Å²) in [6.45, 7) is 5.79. The average Bonchev–Trinajstić information content (AvgIpc) is 2.71. The van der Waals surface area contributed by atoms with Gasteiger partial charge in [0.1, 0.15) is 11.4 Å². The molecule has 0 saturated carbocycles. The van der Waals surface area contributed by atoms with Crippen LogP contribution >= 0.6 is 0 Å². The van der Waals surface area contributed by atoms with Gasteiger partial charge in [0.05, 0.1) is 7.11 Å². The van der Waals surface area contributed by atoms with Gasteiger partial charge >= 0.3 is 6.09 Å². The maximum Gasteiger partial charge on any atom is 0.407 e. The van der Waals surface area contributed by atoms with Crippen molar-refractivity contribution in [3.63, 3.8) is 0 Å². The Morgan fingerprint density at radius 2 is 1.71 bits per heavy atom. The van der Waals surface area contributed by atoms with E-state index in [2.05, 4.69) is 16.0 Å². The van der Waals surface area contributed by atoms with Crippen molar-refractivity contribution in [3.8, 4) is 5.75 Å². The number of benzene rings is 2. The third-order valence-corrected chi connectivity index (χ3v) is 4.03. The van der Waals surface area contributed by atoms with Crippen LogP contribution in [0.1, 0.15) is 43.1 Å². The van der Waals surface area contributed by atoms with Gasteiger partial charge in [-0.05, 0) is 56.7 Å². The van der Waals surface area contributed by atoms with Crippen molar-refractivity contribution in [2.45, 2.75) is 39.3 Å². The van der Waals surface area contributed by atoms with E-state index in [-0.39, 0.29) is 24.8 Å². The standard InChI is InChI=1S/C23H29N3O5/c1-23(2,3)31-22(29)24-12-11-20(27)25-15-16-7-5-9-18(13-16)26-21(28)17-8-6-10-19(14-17)30-4/h5-10,13-14H,11-12,15H2,1-4H3,(H,24,29)(H,25,27)(H,26,28). The van der Waals surface area contributed by atoms with Crippen LogP contribution in [0.2, 0.25) is 0 Å². The number of nitrogens with one attached hydrogen (secondary N) is 3. The molecule has 8 nitrogen and oxygen atoms in total. The predicted octanol–water partition coefficient (Wildman–Crippen LogP) is 3.48. The molecule has 0 unspecified atom stereocenters. The van der Waals surface area contributed by atoms with Gasteiger partial charge in [-0.15, -0.1) is 0 Å². The summed E-state index contributed by atoms with van der Waals surface area (Å²) in [5.74, 6) is 0.139. The summed E-state index contributed by atoms with van der Waals surface area (Å²) < 4.78 is 10.3. The van der Waals surface area contributed by atoms with Crippen molar-refractivity contribution in [3.05, 3.63) is 59.7 Å². The van der Waals surface area contributed by atoms with E-state index >= 15 is 0 Å². The van der Waals surface area contributed by atoms with Crippen molar-refractivity contribution < 1.29 is 23.9 Å². The normalized spacial score (nSPS) is 10.7. The van der Waals surface area contributed by atoms with Crippen LogP contribution in [0.4, 0.5) is 10.5 Å². The fourth-order valence-electron chi connectivity index (χ4n) is 2.61. The minimum absolute atomic E-state index is 0.130. The van der Waals surface area contributed by atoms with Crippen molar-refractivity contribution in [2.24, 2.45) is 0 Å². The molecule has 0 fully saturated rings. The summed E-state index contributed by atoms with van der Waals surface area (Å²) in [6.07, 6.45) is -0.425. The zero-order valence-corrected chi connectivity index (χ0v) is 18.3. The molecule has 0 bridgehead atoms. The van der Waals surface area contributed by atoms with Gasteiger partial charge in [-0.25, -0.2) is 4.79 Å². The van der Waals surface area contributed by atoms with E-state index in [0.29, 0.717) is 23.5 Å². The van der Waals surface area contributed by atoms with Crippen LogP contribution in [0, 0.1) is 0 Å². The Hall–Kier alpha value is -3.55. The molecule has 0 aromatic heterocycles. The van der Waals surface area contributed by atoms with Crippen LogP contribution < -0.4 is 20.7 Å². The number of amides is 3. The van der Waals surface area contributed by atoms with E-state index in [1.165, 1.54) is 0 Å². The van der Waals surface area contributed by atoms with E-state index in [1.54, 1.807) is 70.3 Å². The first kappa shape index (κ1) is 23.7. The lowest BCUT2D eigenvalue weighted by molar-refractivity contribution is -0.121. The summed E-state index contributed by atoms with van der Waals surface area (Å²) in [7, 11) is 1.54. The van der Waals surface area contributed by atoms with Gasteiger partial charge in [0, 0.05) is 30.8 Å². The first-order chi connectivity index (χ1) is 14.7. The molecule has 0 radical (unpaired) electrons. The van der Waals surface area contributed by atoms with Crippen molar-refractivity contribution >= 4 is 23.6 Å². The summed E-state index contributed by atoms with van der Waals surface area (Å²) >= 11 is 0. The molecule has 0 aliphatic heterocycles. The van der Waals surface area contributed by atoms with Crippen molar-refractivity contribution in [1.29, 1.82) is 0 Å². The molecule has 0 spiro atoms. The molecule has 3 amide bonds. The number of anilines is 1. The molecular weight excluding hydrogens is 398 g/mol. The van der Waals surface area contributed by atoms with Gasteiger partial charge < -0.3 is 25.4 Å². The highest BCUT2D eigenvalue weighted by Gasteiger charge is 2.16. The molecule has 2 aromatic carbocycles. The van der Waals surface area contributed by atoms with E-state index in [4.69, 9.17) is 9.47 Å². The van der Waals surface area contributed by atoms with Gasteiger partial charge in [0.15, 0.2) is 0 Å². The van der Waals surface area contributed by atoms with Gasteiger partial charge in [-0.1, -0.05) is 18.2 Å². The molecule has 3 N–H and O–H groups in total. The quantitative estimate of drug-likeness (QED) is 0.598. The lowest BCUT2D eigenvalue weighted by Crippen LogP contribution is -2.35. The number of rotatable bonds is 8. The van der Waals surface area contributed by atoms with E-state index in [0.717, 1.165) is 5.56 Å². The third-order valence-electron chi connectivity index (χ3n) is 4.03. The second kappa shape index (κ2) is 11.0. The highest BCUT2D eigenvalue weighted by molar-refractivity contribution is 6.04. The number of methoxy groups -OCH3 is 1.